The third kappa shape index (κ3) is 7.25. The SMILES string of the molecule is CCCSc1cc([C@H]2CC[C@H](c3cc(OC)c(OC)c(OC)c3)[C@@H]2OCC(=O)OCC)cc(OC)c1OCC. The lowest BCUT2D eigenvalue weighted by Gasteiger charge is -2.27. The molecule has 9 heteroatoms. The Morgan fingerprint density at radius 3 is 1.85 bits per heavy atom. The zero-order valence-corrected chi connectivity index (χ0v) is 25.0. The van der Waals surface area contributed by atoms with Crippen molar-refractivity contribution in [1.82, 2.24) is 0 Å². The summed E-state index contributed by atoms with van der Waals surface area (Å²) in [6.07, 6.45) is 2.47. The predicted octanol–water partition coefficient (Wildman–Crippen LogP) is 6.23. The first-order chi connectivity index (χ1) is 19.0. The summed E-state index contributed by atoms with van der Waals surface area (Å²) in [7, 11) is 6.46. The average Bonchev–Trinajstić information content (AvgIpc) is 3.38. The van der Waals surface area contributed by atoms with Crippen molar-refractivity contribution in [2.75, 3.05) is 54.0 Å². The molecule has 0 radical (unpaired) electrons. The smallest absolute Gasteiger partial charge is 0.332 e. The molecule has 3 rings (SSSR count). The van der Waals surface area contributed by atoms with Gasteiger partial charge in [0.2, 0.25) is 5.75 Å². The molecule has 216 valence electrons. The summed E-state index contributed by atoms with van der Waals surface area (Å²) in [6.45, 7) is 6.65. The van der Waals surface area contributed by atoms with Crippen molar-refractivity contribution in [2.45, 2.75) is 62.9 Å². The van der Waals surface area contributed by atoms with Crippen molar-refractivity contribution in [1.29, 1.82) is 0 Å². The van der Waals surface area contributed by atoms with Gasteiger partial charge in [-0.05, 0) is 74.3 Å². The van der Waals surface area contributed by atoms with E-state index in [2.05, 4.69) is 13.0 Å². The number of carbonyl (C=O) groups is 1. The van der Waals surface area contributed by atoms with Gasteiger partial charge in [-0.15, -0.1) is 11.8 Å². The van der Waals surface area contributed by atoms with Crippen molar-refractivity contribution in [2.24, 2.45) is 0 Å². The van der Waals surface area contributed by atoms with Gasteiger partial charge >= 0.3 is 5.97 Å². The summed E-state index contributed by atoms with van der Waals surface area (Å²) in [5.41, 5.74) is 2.09. The molecule has 3 atom stereocenters. The molecule has 8 nitrogen and oxygen atoms in total. The third-order valence-electron chi connectivity index (χ3n) is 6.84. The van der Waals surface area contributed by atoms with Gasteiger partial charge in [0, 0.05) is 11.8 Å². The van der Waals surface area contributed by atoms with E-state index in [0.29, 0.717) is 36.2 Å². The zero-order chi connectivity index (χ0) is 28.4. The first-order valence-corrected chi connectivity index (χ1v) is 14.5. The molecule has 0 saturated heterocycles. The predicted molar refractivity (Wildman–Crippen MR) is 152 cm³/mol. The Balaban J connectivity index is 2.07. The number of benzene rings is 2. The average molecular weight is 563 g/mol. The van der Waals surface area contributed by atoms with Crippen LogP contribution in [-0.2, 0) is 14.3 Å². The van der Waals surface area contributed by atoms with E-state index in [1.807, 2.05) is 25.1 Å². The van der Waals surface area contributed by atoms with Gasteiger partial charge in [-0.3, -0.25) is 0 Å². The summed E-state index contributed by atoms with van der Waals surface area (Å²) in [6, 6.07) is 8.17. The van der Waals surface area contributed by atoms with Crippen molar-refractivity contribution in [3.8, 4) is 28.7 Å². The lowest BCUT2D eigenvalue weighted by atomic mass is 9.89. The number of esters is 1. The fraction of sp³-hybridized carbons (Fsp3) is 0.567. The maximum Gasteiger partial charge on any atom is 0.332 e. The Morgan fingerprint density at radius 1 is 0.795 bits per heavy atom. The minimum atomic E-state index is -0.379. The van der Waals surface area contributed by atoms with Gasteiger partial charge in [-0.2, -0.15) is 0 Å². The zero-order valence-electron chi connectivity index (χ0n) is 24.2. The molecule has 0 aliphatic heterocycles. The number of methoxy groups -OCH3 is 4. The third-order valence-corrected chi connectivity index (χ3v) is 8.06. The van der Waals surface area contributed by atoms with Crippen LogP contribution in [0, 0.1) is 0 Å². The fourth-order valence-electron chi connectivity index (χ4n) is 5.16. The van der Waals surface area contributed by atoms with Crippen LogP contribution in [0.5, 0.6) is 28.7 Å². The number of rotatable bonds is 15. The number of carbonyl (C=O) groups excluding carboxylic acids is 1. The van der Waals surface area contributed by atoms with Gasteiger partial charge in [0.05, 0.1) is 52.7 Å². The van der Waals surface area contributed by atoms with E-state index in [4.69, 9.17) is 33.2 Å². The van der Waals surface area contributed by atoms with Gasteiger partial charge in [0.1, 0.15) is 6.61 Å². The highest BCUT2D eigenvalue weighted by molar-refractivity contribution is 7.99. The van der Waals surface area contributed by atoms with E-state index in [0.717, 1.165) is 46.8 Å². The van der Waals surface area contributed by atoms with E-state index >= 15 is 0 Å². The van der Waals surface area contributed by atoms with Gasteiger partial charge in [0.25, 0.3) is 0 Å². The molecule has 0 amide bonds. The fourth-order valence-corrected chi connectivity index (χ4v) is 6.10. The number of hydrogen-bond acceptors (Lipinski definition) is 9. The first-order valence-electron chi connectivity index (χ1n) is 13.5. The van der Waals surface area contributed by atoms with Gasteiger partial charge in [0.15, 0.2) is 23.0 Å². The summed E-state index contributed by atoms with van der Waals surface area (Å²) in [4.78, 5) is 13.4. The molecule has 1 fully saturated rings. The van der Waals surface area contributed by atoms with Crippen LogP contribution in [0.15, 0.2) is 29.2 Å². The van der Waals surface area contributed by atoms with Crippen molar-refractivity contribution < 1.29 is 38.0 Å². The molecule has 0 N–H and O–H groups in total. The molecule has 2 aromatic rings. The van der Waals surface area contributed by atoms with E-state index in [-0.39, 0.29) is 30.5 Å². The van der Waals surface area contributed by atoms with Crippen molar-refractivity contribution in [3.63, 3.8) is 0 Å². The van der Waals surface area contributed by atoms with Crippen LogP contribution >= 0.6 is 11.8 Å². The van der Waals surface area contributed by atoms with Gasteiger partial charge in [-0.1, -0.05) is 6.92 Å². The highest BCUT2D eigenvalue weighted by Gasteiger charge is 2.40. The second-order valence-electron chi connectivity index (χ2n) is 9.16. The van der Waals surface area contributed by atoms with Crippen LogP contribution in [0.4, 0.5) is 0 Å². The highest BCUT2D eigenvalue weighted by Crippen LogP contribution is 2.51. The Bertz CT molecular complexity index is 1060. The normalized spacial score (nSPS) is 18.5. The van der Waals surface area contributed by atoms with E-state index in [9.17, 15) is 4.79 Å². The second-order valence-corrected chi connectivity index (χ2v) is 10.3. The number of thioether (sulfide) groups is 1. The monoisotopic (exact) mass is 562 g/mol. The molecule has 2 aromatic carbocycles. The molecule has 0 aromatic heterocycles. The van der Waals surface area contributed by atoms with Gasteiger partial charge in [-0.25, -0.2) is 4.79 Å². The molecule has 1 aliphatic rings. The topological polar surface area (TPSA) is 81.7 Å². The maximum absolute atomic E-state index is 12.3. The van der Waals surface area contributed by atoms with Gasteiger partial charge < -0.3 is 33.2 Å². The Kier molecular flexibility index (Phi) is 11.9. The standard InChI is InChI=1S/C30H42O8S/c1-8-13-39-26-17-20(16-25(34-6)30(26)37-10-3)22-12-11-21(28(22)38-18-27(31)36-9-2)19-14-23(32-4)29(35-7)24(15-19)33-5/h14-17,21-22,28H,8-13,18H2,1-7H3/t21-,22-,28+/m1/s1. The molecule has 0 spiro atoms. The molecule has 1 aliphatic carbocycles. The van der Waals surface area contributed by atoms with Crippen LogP contribution in [0.3, 0.4) is 0 Å². The molecule has 0 heterocycles. The Morgan fingerprint density at radius 2 is 1.36 bits per heavy atom. The molecule has 0 unspecified atom stereocenters. The highest BCUT2D eigenvalue weighted by atomic mass is 32.2. The Labute approximate surface area is 236 Å². The minimum absolute atomic E-state index is 0.0116. The summed E-state index contributed by atoms with van der Waals surface area (Å²) < 4.78 is 40.1. The lowest BCUT2D eigenvalue weighted by Crippen LogP contribution is -2.27. The molecule has 39 heavy (non-hydrogen) atoms. The number of ether oxygens (including phenoxy) is 7. The van der Waals surface area contributed by atoms with Crippen molar-refractivity contribution in [3.05, 3.63) is 35.4 Å². The van der Waals surface area contributed by atoms with Crippen LogP contribution < -0.4 is 23.7 Å². The van der Waals surface area contributed by atoms with E-state index < -0.39 is 0 Å². The second kappa shape index (κ2) is 15.1. The largest absolute Gasteiger partial charge is 0.493 e. The van der Waals surface area contributed by atoms with Crippen LogP contribution in [0.25, 0.3) is 0 Å². The molecular weight excluding hydrogens is 520 g/mol. The van der Waals surface area contributed by atoms with Crippen LogP contribution in [0.1, 0.15) is 63.0 Å². The lowest BCUT2D eigenvalue weighted by molar-refractivity contribution is -0.151. The molecule has 0 bridgehead atoms. The Hall–Kier alpha value is -2.78. The maximum atomic E-state index is 12.3. The summed E-state index contributed by atoms with van der Waals surface area (Å²) >= 11 is 1.76. The summed E-state index contributed by atoms with van der Waals surface area (Å²) in [5.74, 6) is 3.77. The van der Waals surface area contributed by atoms with Crippen molar-refractivity contribution >= 4 is 17.7 Å². The van der Waals surface area contributed by atoms with Crippen LogP contribution in [0.2, 0.25) is 0 Å². The first kappa shape index (κ1) is 30.8. The molecular formula is C30H42O8S. The van der Waals surface area contributed by atoms with Crippen LogP contribution in [-0.4, -0.2) is 66.1 Å². The minimum Gasteiger partial charge on any atom is -0.493 e. The number of hydrogen-bond donors (Lipinski definition) is 0. The van der Waals surface area contributed by atoms with E-state index in [1.54, 1.807) is 47.1 Å². The van der Waals surface area contributed by atoms with E-state index in [1.165, 1.54) is 0 Å². The molecule has 1 saturated carbocycles. The quantitative estimate of drug-likeness (QED) is 0.185. The summed E-state index contributed by atoms with van der Waals surface area (Å²) in [5, 5.41) is 0.